The first-order valence-corrected chi connectivity index (χ1v) is 15.6. The second-order valence-corrected chi connectivity index (χ2v) is 13.5. The summed E-state index contributed by atoms with van der Waals surface area (Å²) in [6.07, 6.45) is 15.7. The van der Waals surface area contributed by atoms with Crippen LogP contribution >= 0.6 is 0 Å². The molecule has 0 saturated heterocycles. The molecule has 0 fully saturated rings. The number of nitrogens with zero attached hydrogens (tertiary/aromatic N) is 2. The predicted molar refractivity (Wildman–Crippen MR) is 159 cm³/mol. The molecule has 10 nitrogen and oxygen atoms in total. The van der Waals surface area contributed by atoms with E-state index in [-0.39, 0.29) is 18.8 Å². The highest BCUT2D eigenvalue weighted by atomic mass is 16.5. The van der Waals surface area contributed by atoms with Crippen molar-refractivity contribution in [1.82, 2.24) is 0 Å². The Labute approximate surface area is 254 Å². The monoisotopic (exact) mass is 598 g/mol. The van der Waals surface area contributed by atoms with Gasteiger partial charge in [0.15, 0.2) is 12.2 Å². The fourth-order valence-electron chi connectivity index (χ4n) is 4.81. The summed E-state index contributed by atoms with van der Waals surface area (Å²) < 4.78 is 11.7. The van der Waals surface area contributed by atoms with Gasteiger partial charge >= 0.3 is 11.9 Å². The van der Waals surface area contributed by atoms with E-state index in [9.17, 15) is 29.4 Å². The molecule has 2 atom stereocenters. The highest BCUT2D eigenvalue weighted by Crippen LogP contribution is 2.14. The summed E-state index contributed by atoms with van der Waals surface area (Å²) in [4.78, 5) is 46.0. The van der Waals surface area contributed by atoms with Crippen LogP contribution in [0.15, 0.2) is 12.2 Å². The van der Waals surface area contributed by atoms with E-state index in [0.717, 1.165) is 44.9 Å². The molecule has 42 heavy (non-hydrogen) atoms. The molecule has 0 rings (SSSR count). The summed E-state index contributed by atoms with van der Waals surface area (Å²) in [6.45, 7) is 0.839. The van der Waals surface area contributed by atoms with E-state index >= 15 is 0 Å². The Morgan fingerprint density at radius 3 is 1.38 bits per heavy atom. The van der Waals surface area contributed by atoms with E-state index in [1.165, 1.54) is 44.6 Å². The van der Waals surface area contributed by atoms with Gasteiger partial charge in [-0.25, -0.2) is 4.79 Å². The number of carboxylic acids is 2. The first kappa shape index (κ1) is 39.5. The average molecular weight is 599 g/mol. The van der Waals surface area contributed by atoms with Gasteiger partial charge < -0.3 is 38.2 Å². The van der Waals surface area contributed by atoms with Gasteiger partial charge in [-0.2, -0.15) is 0 Å². The van der Waals surface area contributed by atoms with E-state index in [4.69, 9.17) is 9.47 Å². The van der Waals surface area contributed by atoms with E-state index in [1.54, 1.807) is 6.08 Å². The Kier molecular flexibility index (Phi) is 20.8. The Balaban J connectivity index is 3.75. The molecule has 0 aliphatic heterocycles. The first-order valence-electron chi connectivity index (χ1n) is 15.6. The van der Waals surface area contributed by atoms with Crippen molar-refractivity contribution in [2.45, 2.75) is 115 Å². The van der Waals surface area contributed by atoms with Crippen LogP contribution in [0.25, 0.3) is 0 Å². The number of esters is 2. The largest absolute Gasteiger partial charge is 0.550 e. The zero-order valence-corrected chi connectivity index (χ0v) is 27.2. The molecule has 0 radical (unpaired) electrons. The Hall–Kier alpha value is -2.46. The molecule has 0 aromatic rings. The Morgan fingerprint density at radius 1 is 0.595 bits per heavy atom. The molecule has 0 aromatic heterocycles. The van der Waals surface area contributed by atoms with Crippen LogP contribution in [0.4, 0.5) is 0 Å². The first-order chi connectivity index (χ1) is 19.6. The van der Waals surface area contributed by atoms with Gasteiger partial charge in [0.2, 0.25) is 0 Å². The fourth-order valence-corrected chi connectivity index (χ4v) is 4.81. The van der Waals surface area contributed by atoms with Crippen molar-refractivity contribution in [2.75, 3.05) is 55.4 Å². The smallest absolute Gasteiger partial charge is 0.330 e. The third-order valence-corrected chi connectivity index (χ3v) is 6.63. The molecule has 2 unspecified atom stereocenters. The van der Waals surface area contributed by atoms with Gasteiger partial charge in [0.25, 0.3) is 0 Å². The molecular formula is C32H58N2O8. The van der Waals surface area contributed by atoms with Crippen molar-refractivity contribution < 1.29 is 47.8 Å². The molecule has 0 N–H and O–H groups in total. The maximum absolute atomic E-state index is 12.1. The van der Waals surface area contributed by atoms with E-state index in [0.29, 0.717) is 28.5 Å². The van der Waals surface area contributed by atoms with Crippen LogP contribution in [0.5, 0.6) is 0 Å². The minimum Gasteiger partial charge on any atom is -0.550 e. The summed E-state index contributed by atoms with van der Waals surface area (Å²) in [5, 5.41) is 21.9. The molecule has 0 amide bonds. The molecule has 0 heterocycles. The minimum absolute atomic E-state index is 0.272. The molecule has 0 aliphatic carbocycles. The second-order valence-electron chi connectivity index (χ2n) is 13.5. The standard InChI is InChI=1S/C32H58N2O8/c1-33(2,3)25-27(23-29(35)36)41-31(39)21-19-17-15-13-11-9-7-8-10-12-14-16-18-20-22-32(40)42-28(24-30(37)38)26-34(4,5)6/h19,21,27-28H,7-18,20,22-26H2,1-6H3. The van der Waals surface area contributed by atoms with Crippen LogP contribution in [0.2, 0.25) is 0 Å². The number of carbonyl (C=O) groups excluding carboxylic acids is 4. The number of carboxylic acid groups (broad SMARTS) is 2. The van der Waals surface area contributed by atoms with Crippen LogP contribution in [-0.2, 0) is 28.7 Å². The maximum atomic E-state index is 12.1. The third kappa shape index (κ3) is 27.7. The predicted octanol–water partition coefficient (Wildman–Crippen LogP) is 2.52. The lowest BCUT2D eigenvalue weighted by Gasteiger charge is -2.29. The van der Waals surface area contributed by atoms with E-state index in [2.05, 4.69) is 0 Å². The van der Waals surface area contributed by atoms with Gasteiger partial charge in [0.05, 0.1) is 42.3 Å². The number of unbranched alkanes of at least 4 members (excludes halogenated alkanes) is 12. The molecule has 0 aromatic carbocycles. The Bertz CT molecular complexity index is 814. The van der Waals surface area contributed by atoms with E-state index in [1.807, 2.05) is 42.3 Å². The lowest BCUT2D eigenvalue weighted by molar-refractivity contribution is -0.873. The quantitative estimate of drug-likeness (QED) is 0.0642. The van der Waals surface area contributed by atoms with Crippen LogP contribution < -0.4 is 10.2 Å². The summed E-state index contributed by atoms with van der Waals surface area (Å²) in [5.74, 6) is -3.26. The second kappa shape index (κ2) is 22.1. The van der Waals surface area contributed by atoms with Crippen molar-refractivity contribution in [2.24, 2.45) is 0 Å². The number of likely N-dealkylation sites (N-methyl/N-ethyl adjacent to an activating group) is 2. The van der Waals surface area contributed by atoms with Gasteiger partial charge in [-0.15, -0.1) is 0 Å². The minimum atomic E-state index is -1.22. The zero-order chi connectivity index (χ0) is 32.0. The van der Waals surface area contributed by atoms with Gasteiger partial charge in [-0.1, -0.05) is 70.3 Å². The number of hydrogen-bond acceptors (Lipinski definition) is 8. The number of ether oxygens (including phenoxy) is 2. The zero-order valence-electron chi connectivity index (χ0n) is 27.2. The van der Waals surface area contributed by atoms with Gasteiger partial charge in [0.1, 0.15) is 13.1 Å². The van der Waals surface area contributed by atoms with Crippen molar-refractivity contribution in [1.29, 1.82) is 0 Å². The molecule has 0 aliphatic rings. The number of allylic oxidation sites excluding steroid dienone is 1. The topological polar surface area (TPSA) is 133 Å². The molecule has 0 spiro atoms. The van der Waals surface area contributed by atoms with Crippen LogP contribution in [-0.4, -0.2) is 100 Å². The van der Waals surface area contributed by atoms with Gasteiger partial charge in [-0.05, 0) is 19.3 Å². The third-order valence-electron chi connectivity index (χ3n) is 6.63. The summed E-state index contributed by atoms with van der Waals surface area (Å²) in [5.41, 5.74) is 0. The van der Waals surface area contributed by atoms with Crippen molar-refractivity contribution in [3.05, 3.63) is 12.2 Å². The average Bonchev–Trinajstić information content (AvgIpc) is 2.80. The number of hydrogen-bond donors (Lipinski definition) is 0. The molecule has 0 saturated carbocycles. The van der Waals surface area contributed by atoms with Crippen LogP contribution in [0.3, 0.4) is 0 Å². The van der Waals surface area contributed by atoms with Gasteiger partial charge in [0, 0.05) is 37.3 Å². The highest BCUT2D eigenvalue weighted by molar-refractivity contribution is 5.82. The van der Waals surface area contributed by atoms with Crippen molar-refractivity contribution in [3.63, 3.8) is 0 Å². The lowest BCUT2D eigenvalue weighted by atomic mass is 10.0. The van der Waals surface area contributed by atoms with Crippen LogP contribution in [0, 0.1) is 0 Å². The molecular weight excluding hydrogens is 540 g/mol. The summed E-state index contributed by atoms with van der Waals surface area (Å²) in [7, 11) is 11.5. The van der Waals surface area contributed by atoms with Gasteiger partial charge in [-0.3, -0.25) is 4.79 Å². The van der Waals surface area contributed by atoms with Crippen molar-refractivity contribution in [3.8, 4) is 0 Å². The lowest BCUT2D eigenvalue weighted by Crippen LogP contribution is -2.45. The van der Waals surface area contributed by atoms with Crippen molar-refractivity contribution >= 4 is 23.9 Å². The molecule has 0 bridgehead atoms. The Morgan fingerprint density at radius 2 is 0.976 bits per heavy atom. The fraction of sp³-hybridized carbons (Fsp3) is 0.812. The normalized spacial score (nSPS) is 13.6. The molecule has 244 valence electrons. The summed E-state index contributed by atoms with van der Waals surface area (Å²) >= 11 is 0. The SMILES string of the molecule is C[N+](C)(C)CC(CC(=O)[O-])OC(=O)C=CCCCCCCCCCCCCCCC(=O)OC(CC(=O)[O-])C[N+](C)(C)C. The maximum Gasteiger partial charge on any atom is 0.330 e. The van der Waals surface area contributed by atoms with E-state index < -0.39 is 30.1 Å². The van der Waals surface area contributed by atoms with Crippen LogP contribution in [0.1, 0.15) is 103 Å². The number of aliphatic carboxylic acids is 2. The molecule has 10 heteroatoms. The summed E-state index contributed by atoms with van der Waals surface area (Å²) in [6, 6.07) is 0. The number of carbonyl (C=O) groups is 4. The number of rotatable bonds is 26. The highest BCUT2D eigenvalue weighted by Gasteiger charge is 2.23. The number of quaternary nitrogens is 2.